The maximum Gasteiger partial charge on any atom is 0.00107 e. The van der Waals surface area contributed by atoms with Crippen LogP contribution in [0.4, 0.5) is 0 Å². The van der Waals surface area contributed by atoms with Gasteiger partial charge >= 0.3 is 0 Å². The summed E-state index contributed by atoms with van der Waals surface area (Å²) < 4.78 is 0. The molecule has 0 fully saturated rings. The van der Waals surface area contributed by atoms with Crippen molar-refractivity contribution in [1.82, 2.24) is 0 Å². The first kappa shape index (κ1) is 2.74. The van der Waals surface area contributed by atoms with E-state index in [2.05, 4.69) is 12.7 Å². The molecular weight excluding hydrogens is 60.1 g/mol. The summed E-state index contributed by atoms with van der Waals surface area (Å²) in [5, 5.41) is 0. The average Bonchev–Trinajstić information content (AvgIpc) is 1.30. The van der Waals surface area contributed by atoms with Crippen LogP contribution in [0.25, 0.3) is 0 Å². The van der Waals surface area contributed by atoms with Crippen LogP contribution >= 0.6 is 0 Å². The second-order valence-corrected chi connectivity index (χ2v) is 1.33. The van der Waals surface area contributed by atoms with E-state index in [1.54, 1.807) is 0 Å². The molecule has 0 aromatic heterocycles. The highest BCUT2D eigenvalue weighted by Gasteiger charge is 1.86. The Balaban J connectivity index is 2.85. The molecule has 0 amide bonds. The molecule has 26 valence electrons. The number of hydrogen-bond acceptors (Lipinski definition) is 0. The Morgan fingerprint density at radius 1 is 2.00 bits per heavy atom. The van der Waals surface area contributed by atoms with E-state index in [4.69, 9.17) is 0 Å². The quantitative estimate of drug-likeness (QED) is 0.376. The molecule has 0 spiro atoms. The lowest BCUT2D eigenvalue weighted by atomic mass is 10.1. The molecule has 0 nitrogen and oxygen atoms in total. The van der Waals surface area contributed by atoms with Gasteiger partial charge in [0, 0.05) is 6.42 Å². The van der Waals surface area contributed by atoms with Gasteiger partial charge in [0.1, 0.15) is 0 Å². The molecule has 0 saturated heterocycles. The van der Waals surface area contributed by atoms with E-state index in [9.17, 15) is 0 Å². The van der Waals surface area contributed by atoms with Gasteiger partial charge in [-0.1, -0.05) is 0 Å². The molecule has 5 heavy (non-hydrogen) atoms. The first-order chi connectivity index (χ1) is 2.39. The molecular formula is C5H6. The Morgan fingerprint density at radius 2 is 2.40 bits per heavy atom. The highest BCUT2D eigenvalue weighted by Crippen LogP contribution is 2.05. The van der Waals surface area contributed by atoms with Gasteiger partial charge in [0.2, 0.25) is 0 Å². The Labute approximate surface area is 31.8 Å². The summed E-state index contributed by atoms with van der Waals surface area (Å²) in [6.45, 7) is 2.08. The third-order valence-corrected chi connectivity index (χ3v) is 0.757. The van der Waals surface area contributed by atoms with E-state index < -0.39 is 0 Å². The van der Waals surface area contributed by atoms with Crippen LogP contribution in [0, 0.1) is 0 Å². The van der Waals surface area contributed by atoms with Gasteiger partial charge in [0.05, 0.1) is 0 Å². The Morgan fingerprint density at radius 3 is 2.40 bits per heavy atom. The van der Waals surface area contributed by atoms with Crippen molar-refractivity contribution in [3.05, 3.63) is 17.4 Å². The van der Waals surface area contributed by atoms with Crippen molar-refractivity contribution in [3.8, 4) is 0 Å². The molecule has 0 N–H and O–H groups in total. The highest BCUT2D eigenvalue weighted by molar-refractivity contribution is 5.12. The summed E-state index contributed by atoms with van der Waals surface area (Å²) in [6.07, 6.45) is 3.20. The lowest BCUT2D eigenvalue weighted by molar-refractivity contribution is 1.16. The molecule has 0 aromatic rings. The summed E-state index contributed by atoms with van der Waals surface area (Å²) >= 11 is 0. The largest absolute Gasteiger partial charge is 0.126 e. The van der Waals surface area contributed by atoms with Gasteiger partial charge in [-0.2, -0.15) is 0 Å². The van der Waals surface area contributed by atoms with Crippen LogP contribution < -0.4 is 0 Å². The third-order valence-electron chi connectivity index (χ3n) is 0.757. The van der Waals surface area contributed by atoms with Crippen molar-refractivity contribution in [1.29, 1.82) is 0 Å². The van der Waals surface area contributed by atoms with Crippen LogP contribution in [0.1, 0.15) is 13.3 Å². The van der Waals surface area contributed by atoms with Gasteiger partial charge in [-0.3, -0.25) is 0 Å². The predicted octanol–water partition coefficient (Wildman–Crippen LogP) is 1.49. The summed E-state index contributed by atoms with van der Waals surface area (Å²) in [5.41, 5.74) is 4.38. The third kappa shape index (κ3) is 0.267. The zero-order chi connectivity index (χ0) is 3.70. The van der Waals surface area contributed by atoms with Crippen molar-refractivity contribution in [3.63, 3.8) is 0 Å². The molecule has 0 unspecified atom stereocenters. The van der Waals surface area contributed by atoms with Gasteiger partial charge in [-0.15, -0.1) is 5.73 Å². The van der Waals surface area contributed by atoms with Crippen molar-refractivity contribution in [2.24, 2.45) is 0 Å². The van der Waals surface area contributed by atoms with Crippen LogP contribution in [0.5, 0.6) is 0 Å². The monoisotopic (exact) mass is 66.0 g/mol. The topological polar surface area (TPSA) is 0 Å². The first-order valence-corrected chi connectivity index (χ1v) is 1.80. The van der Waals surface area contributed by atoms with Gasteiger partial charge < -0.3 is 0 Å². The van der Waals surface area contributed by atoms with Crippen molar-refractivity contribution in [2.75, 3.05) is 0 Å². The van der Waals surface area contributed by atoms with Gasteiger partial charge in [-0.05, 0) is 18.6 Å². The maximum atomic E-state index is 3.00. The predicted molar refractivity (Wildman–Crippen MR) is 21.9 cm³/mol. The minimum absolute atomic E-state index is 1.17. The van der Waals surface area contributed by atoms with Crippen molar-refractivity contribution in [2.45, 2.75) is 13.3 Å². The van der Waals surface area contributed by atoms with Crippen LogP contribution in [0.15, 0.2) is 17.4 Å². The molecule has 0 aliphatic heterocycles. The fourth-order valence-corrected chi connectivity index (χ4v) is 0.306. The Hall–Kier alpha value is -0.480. The smallest absolute Gasteiger partial charge is 0.00107 e. The second kappa shape index (κ2) is 0.734. The number of rotatable bonds is 0. The zero-order valence-electron chi connectivity index (χ0n) is 3.28. The van der Waals surface area contributed by atoms with E-state index in [1.807, 2.05) is 6.08 Å². The standard InChI is InChI=1S/C5H6/c1-5-3-2-4-5/h2H,3H2,1H3. The normalized spacial score (nSPS) is 17.4. The first-order valence-electron chi connectivity index (χ1n) is 1.80. The van der Waals surface area contributed by atoms with Gasteiger partial charge in [0.25, 0.3) is 0 Å². The average molecular weight is 66.1 g/mol. The molecule has 1 aliphatic rings. The number of hydrogen-bond donors (Lipinski definition) is 0. The van der Waals surface area contributed by atoms with E-state index in [0.29, 0.717) is 0 Å². The summed E-state index contributed by atoms with van der Waals surface area (Å²) in [7, 11) is 0. The van der Waals surface area contributed by atoms with Gasteiger partial charge in [-0.25, -0.2) is 0 Å². The second-order valence-electron chi connectivity index (χ2n) is 1.33. The summed E-state index contributed by atoms with van der Waals surface area (Å²) in [5.74, 6) is 0. The van der Waals surface area contributed by atoms with Crippen LogP contribution in [0.2, 0.25) is 0 Å². The van der Waals surface area contributed by atoms with Crippen LogP contribution in [0.3, 0.4) is 0 Å². The fraction of sp³-hybridized carbons (Fsp3) is 0.400. The zero-order valence-corrected chi connectivity index (χ0v) is 3.28. The highest BCUT2D eigenvalue weighted by atomic mass is 13.9. The van der Waals surface area contributed by atoms with Gasteiger partial charge in [0.15, 0.2) is 0 Å². The van der Waals surface area contributed by atoms with Crippen LogP contribution in [-0.2, 0) is 0 Å². The molecule has 0 heterocycles. The Bertz CT molecular complexity index is 92.6. The molecule has 1 aliphatic carbocycles. The number of allylic oxidation sites excluding steroid dienone is 1. The molecule has 0 saturated carbocycles. The van der Waals surface area contributed by atoms with E-state index >= 15 is 0 Å². The molecule has 0 aromatic carbocycles. The van der Waals surface area contributed by atoms with Crippen molar-refractivity contribution >= 4 is 0 Å². The minimum Gasteiger partial charge on any atom is -0.126 e. The fourth-order valence-electron chi connectivity index (χ4n) is 0.306. The summed E-state index contributed by atoms with van der Waals surface area (Å²) in [4.78, 5) is 0. The van der Waals surface area contributed by atoms with E-state index in [1.165, 1.54) is 12.0 Å². The molecule has 0 atom stereocenters. The molecule has 1 rings (SSSR count). The minimum atomic E-state index is 1.17. The summed E-state index contributed by atoms with van der Waals surface area (Å²) in [6, 6.07) is 0. The molecule has 0 heteroatoms. The SMILES string of the molecule is CC1=C=CC1. The lowest BCUT2D eigenvalue weighted by Crippen LogP contribution is -1.74. The maximum absolute atomic E-state index is 3.00. The lowest BCUT2D eigenvalue weighted by Gasteiger charge is -1.93. The van der Waals surface area contributed by atoms with E-state index in [-0.39, 0.29) is 0 Å². The molecule has 0 bridgehead atoms. The Kier molecular flexibility index (Phi) is 0.402. The van der Waals surface area contributed by atoms with Crippen LogP contribution in [-0.4, -0.2) is 0 Å². The molecule has 0 radical (unpaired) electrons. The van der Waals surface area contributed by atoms with Crippen molar-refractivity contribution < 1.29 is 0 Å². The van der Waals surface area contributed by atoms with E-state index in [0.717, 1.165) is 0 Å².